The van der Waals surface area contributed by atoms with Crippen molar-refractivity contribution in [3.8, 4) is 33.9 Å². The van der Waals surface area contributed by atoms with Crippen molar-refractivity contribution >= 4 is 32.0 Å². The maximum Gasteiger partial charge on any atom is 0.209 e. The molecule has 13 heteroatoms. The minimum Gasteiger partial charge on any atom is -0.336 e. The highest BCUT2D eigenvalue weighted by molar-refractivity contribution is 7.88. The molecule has 0 saturated carbocycles. The molecule has 6 aromatic rings. The largest absolute Gasteiger partial charge is 0.336 e. The van der Waals surface area contributed by atoms with Gasteiger partial charge in [-0.15, -0.1) is 0 Å². The van der Waals surface area contributed by atoms with Crippen LogP contribution in [0.5, 0.6) is 0 Å². The van der Waals surface area contributed by atoms with Crippen molar-refractivity contribution < 1.29 is 17.2 Å². The summed E-state index contributed by atoms with van der Waals surface area (Å²) < 4.78 is 55.2. The van der Waals surface area contributed by atoms with Gasteiger partial charge in [0, 0.05) is 59.8 Å². The van der Waals surface area contributed by atoms with Crippen LogP contribution in [0.4, 0.5) is 8.78 Å². The fourth-order valence-electron chi connectivity index (χ4n) is 4.80. The summed E-state index contributed by atoms with van der Waals surface area (Å²) >= 11 is 0. The van der Waals surface area contributed by atoms with Crippen LogP contribution in [0.25, 0.3) is 55.8 Å². The van der Waals surface area contributed by atoms with Gasteiger partial charge in [-0.1, -0.05) is 6.92 Å². The van der Waals surface area contributed by atoms with Crippen molar-refractivity contribution in [3.05, 3.63) is 83.8 Å². The van der Waals surface area contributed by atoms with Gasteiger partial charge in [-0.05, 0) is 54.1 Å². The Labute approximate surface area is 239 Å². The van der Waals surface area contributed by atoms with E-state index in [4.69, 9.17) is 4.98 Å². The van der Waals surface area contributed by atoms with Gasteiger partial charge in [-0.25, -0.2) is 26.9 Å². The average Bonchev–Trinajstić information content (AvgIpc) is 3.57. The van der Waals surface area contributed by atoms with E-state index in [1.165, 1.54) is 18.2 Å². The quantitative estimate of drug-likeness (QED) is 0.192. The molecule has 0 unspecified atom stereocenters. The summed E-state index contributed by atoms with van der Waals surface area (Å²) in [5, 5.41) is 11.2. The lowest BCUT2D eigenvalue weighted by Gasteiger charge is -2.07. The standard InChI is InChI=1S/C29H26F2N8O2S/c1-3-32-12-17-7-19(15-33-13-17)21-10-22-25(11-23(21)31)38-39-27(22)29-36-24-4-5-34-26(28(24)37-29)18-6-16(8-20(30)9-18)14-35-42(2,40)41/h4-11,13,15,32,35H,3,12,14H2,1-2H3,(H,36,37)(H,38,39). The predicted molar refractivity (Wildman–Crippen MR) is 157 cm³/mol. The maximum atomic E-state index is 15.2. The van der Waals surface area contributed by atoms with E-state index < -0.39 is 21.7 Å². The SMILES string of the molecule is CCNCc1cncc(-c2cc3c(-c4nc5c(-c6cc(F)cc(CNS(C)(=O)=O)c6)nccc5[nH]4)n[nH]c3cc2F)c1. The Hall–Kier alpha value is -4.59. The summed E-state index contributed by atoms with van der Waals surface area (Å²) in [4.78, 5) is 16.7. The minimum absolute atomic E-state index is 0.0723. The fourth-order valence-corrected chi connectivity index (χ4v) is 5.23. The third-order valence-corrected chi connectivity index (χ3v) is 7.40. The first-order valence-corrected chi connectivity index (χ1v) is 15.0. The van der Waals surface area contributed by atoms with E-state index >= 15 is 4.39 Å². The zero-order valence-corrected chi connectivity index (χ0v) is 23.5. The Balaban J connectivity index is 1.41. The van der Waals surface area contributed by atoms with E-state index in [1.807, 2.05) is 13.0 Å². The van der Waals surface area contributed by atoms with Crippen LogP contribution >= 0.6 is 0 Å². The third kappa shape index (κ3) is 5.62. The van der Waals surface area contributed by atoms with Crippen molar-refractivity contribution in [2.24, 2.45) is 0 Å². The van der Waals surface area contributed by atoms with Gasteiger partial charge in [-0.2, -0.15) is 5.10 Å². The molecular weight excluding hydrogens is 562 g/mol. The van der Waals surface area contributed by atoms with Crippen molar-refractivity contribution in [1.29, 1.82) is 0 Å². The Kier molecular flexibility index (Phi) is 7.22. The second-order valence-corrected chi connectivity index (χ2v) is 11.7. The van der Waals surface area contributed by atoms with Crippen molar-refractivity contribution in [2.45, 2.75) is 20.0 Å². The first-order chi connectivity index (χ1) is 20.2. The summed E-state index contributed by atoms with van der Waals surface area (Å²) in [6.07, 6.45) is 5.98. The maximum absolute atomic E-state index is 15.2. The number of aromatic nitrogens is 6. The second-order valence-electron chi connectivity index (χ2n) is 9.89. The fraction of sp³-hybridized carbons (Fsp3) is 0.172. The molecule has 0 saturated heterocycles. The zero-order valence-electron chi connectivity index (χ0n) is 22.7. The van der Waals surface area contributed by atoms with E-state index in [1.54, 1.807) is 36.8 Å². The normalized spacial score (nSPS) is 12.0. The van der Waals surface area contributed by atoms with Gasteiger partial charge in [0.2, 0.25) is 10.0 Å². The van der Waals surface area contributed by atoms with Crippen LogP contribution in [0.1, 0.15) is 18.1 Å². The first kappa shape index (κ1) is 27.6. The highest BCUT2D eigenvalue weighted by Gasteiger charge is 2.19. The van der Waals surface area contributed by atoms with E-state index in [-0.39, 0.29) is 6.54 Å². The van der Waals surface area contributed by atoms with E-state index in [9.17, 15) is 12.8 Å². The number of aromatic amines is 2. The van der Waals surface area contributed by atoms with Gasteiger partial charge in [0.15, 0.2) is 5.82 Å². The lowest BCUT2D eigenvalue weighted by atomic mass is 10.0. The molecule has 0 atom stereocenters. The lowest BCUT2D eigenvalue weighted by molar-refractivity contribution is 0.586. The van der Waals surface area contributed by atoms with Gasteiger partial charge in [0.25, 0.3) is 0 Å². The second kappa shape index (κ2) is 11.0. The number of fused-ring (bicyclic) bond motifs is 2. The minimum atomic E-state index is -3.46. The molecule has 0 bridgehead atoms. The molecule has 10 nitrogen and oxygen atoms in total. The molecular formula is C29H26F2N8O2S. The molecule has 0 radical (unpaired) electrons. The van der Waals surface area contributed by atoms with Gasteiger partial charge >= 0.3 is 0 Å². The van der Waals surface area contributed by atoms with Gasteiger partial charge < -0.3 is 10.3 Å². The third-order valence-electron chi connectivity index (χ3n) is 6.73. The molecule has 42 heavy (non-hydrogen) atoms. The van der Waals surface area contributed by atoms with Crippen LogP contribution in [-0.2, 0) is 23.1 Å². The first-order valence-electron chi connectivity index (χ1n) is 13.1. The van der Waals surface area contributed by atoms with Crippen molar-refractivity contribution in [1.82, 2.24) is 40.2 Å². The summed E-state index contributed by atoms with van der Waals surface area (Å²) in [6, 6.07) is 11.0. The summed E-state index contributed by atoms with van der Waals surface area (Å²) in [7, 11) is -3.46. The van der Waals surface area contributed by atoms with Crippen LogP contribution in [0.2, 0.25) is 0 Å². The molecule has 0 fully saturated rings. The molecule has 0 spiro atoms. The number of nitrogens with one attached hydrogen (secondary N) is 4. The lowest BCUT2D eigenvalue weighted by Crippen LogP contribution is -2.21. The molecule has 2 aromatic carbocycles. The monoisotopic (exact) mass is 588 g/mol. The molecule has 214 valence electrons. The van der Waals surface area contributed by atoms with Crippen LogP contribution in [-0.4, -0.2) is 51.4 Å². The molecule has 4 aromatic heterocycles. The number of halogens is 2. The molecule has 0 aliphatic heterocycles. The highest BCUT2D eigenvalue weighted by atomic mass is 32.2. The van der Waals surface area contributed by atoms with Gasteiger partial charge in [-0.3, -0.25) is 15.1 Å². The molecule has 4 N–H and O–H groups in total. The number of rotatable bonds is 9. The predicted octanol–water partition coefficient (Wildman–Crippen LogP) is 4.67. The summed E-state index contributed by atoms with van der Waals surface area (Å²) in [5.74, 6) is -0.537. The Morgan fingerprint density at radius 2 is 1.76 bits per heavy atom. The number of benzene rings is 2. The summed E-state index contributed by atoms with van der Waals surface area (Å²) in [6.45, 7) is 3.36. The molecule has 4 heterocycles. The molecule has 0 aliphatic carbocycles. The van der Waals surface area contributed by atoms with Crippen LogP contribution in [0.15, 0.2) is 61.1 Å². The van der Waals surface area contributed by atoms with E-state index in [2.05, 4.69) is 35.2 Å². The number of nitrogens with zero attached hydrogens (tertiary/aromatic N) is 4. The molecule has 0 aliphatic rings. The van der Waals surface area contributed by atoms with Crippen LogP contribution < -0.4 is 10.0 Å². The number of sulfonamides is 1. The Morgan fingerprint density at radius 3 is 2.57 bits per heavy atom. The zero-order chi connectivity index (χ0) is 29.4. The smallest absolute Gasteiger partial charge is 0.209 e. The Bertz CT molecular complexity index is 2060. The van der Waals surface area contributed by atoms with Gasteiger partial charge in [0.1, 0.15) is 22.8 Å². The van der Waals surface area contributed by atoms with E-state index in [0.29, 0.717) is 67.9 Å². The van der Waals surface area contributed by atoms with E-state index in [0.717, 1.165) is 18.4 Å². The average molecular weight is 589 g/mol. The van der Waals surface area contributed by atoms with Crippen LogP contribution in [0, 0.1) is 11.6 Å². The number of H-pyrrole nitrogens is 2. The van der Waals surface area contributed by atoms with Gasteiger partial charge in [0.05, 0.1) is 23.0 Å². The van der Waals surface area contributed by atoms with Crippen molar-refractivity contribution in [3.63, 3.8) is 0 Å². The number of hydrogen-bond donors (Lipinski definition) is 4. The number of imidazole rings is 1. The molecule has 0 amide bonds. The van der Waals surface area contributed by atoms with Crippen molar-refractivity contribution in [2.75, 3.05) is 12.8 Å². The Morgan fingerprint density at radius 1 is 0.929 bits per heavy atom. The molecule has 6 rings (SSSR count). The number of hydrogen-bond acceptors (Lipinski definition) is 7. The topological polar surface area (TPSA) is 141 Å². The highest BCUT2D eigenvalue weighted by Crippen LogP contribution is 2.34. The summed E-state index contributed by atoms with van der Waals surface area (Å²) in [5.41, 5.74) is 5.30. The number of pyridine rings is 2. The van der Waals surface area contributed by atoms with Crippen LogP contribution in [0.3, 0.4) is 0 Å².